The summed E-state index contributed by atoms with van der Waals surface area (Å²) >= 11 is 0. The van der Waals surface area contributed by atoms with E-state index in [2.05, 4.69) is 30.5 Å². The molecule has 1 aromatic heterocycles. The fourth-order valence-corrected chi connectivity index (χ4v) is 4.99. The standard InChI is InChI=1S/C34H41N3O3/c1-25(2)21-36(33(39)29-17-16-27-12-7-8-13-28(27)20-29)24-32(38)37(34(3,4)5)23-30-14-10-18-35(30)22-26-11-9-15-31(19-26)40-6/h7-20,25H,21-24H2,1-6H3. The monoisotopic (exact) mass is 539 g/mol. The molecule has 0 aliphatic carbocycles. The lowest BCUT2D eigenvalue weighted by atomic mass is 10.0. The number of rotatable bonds is 10. The van der Waals surface area contributed by atoms with Crippen molar-refractivity contribution in [3.63, 3.8) is 0 Å². The molecule has 6 nitrogen and oxygen atoms in total. The molecule has 0 aliphatic heterocycles. The van der Waals surface area contributed by atoms with Gasteiger partial charge in [0, 0.05) is 36.1 Å². The van der Waals surface area contributed by atoms with Crippen LogP contribution < -0.4 is 4.74 Å². The minimum Gasteiger partial charge on any atom is -0.497 e. The molecule has 210 valence electrons. The Labute approximate surface area is 238 Å². The van der Waals surface area contributed by atoms with Crippen LogP contribution in [0.3, 0.4) is 0 Å². The Balaban J connectivity index is 1.55. The molecule has 0 N–H and O–H groups in total. The highest BCUT2D eigenvalue weighted by Gasteiger charge is 2.30. The number of aromatic nitrogens is 1. The van der Waals surface area contributed by atoms with Crippen LogP contribution in [0.25, 0.3) is 10.8 Å². The maximum Gasteiger partial charge on any atom is 0.254 e. The number of hydrogen-bond acceptors (Lipinski definition) is 3. The fourth-order valence-electron chi connectivity index (χ4n) is 4.99. The number of carbonyl (C=O) groups excluding carboxylic acids is 2. The van der Waals surface area contributed by atoms with E-state index < -0.39 is 5.54 Å². The van der Waals surface area contributed by atoms with E-state index in [1.54, 1.807) is 12.0 Å². The van der Waals surface area contributed by atoms with Gasteiger partial charge in [0.1, 0.15) is 12.3 Å². The van der Waals surface area contributed by atoms with Crippen molar-refractivity contribution in [3.05, 3.63) is 102 Å². The Hall–Kier alpha value is -4.06. The Kier molecular flexibility index (Phi) is 8.98. The third-order valence-electron chi connectivity index (χ3n) is 7.04. The van der Waals surface area contributed by atoms with Crippen LogP contribution >= 0.6 is 0 Å². The minimum absolute atomic E-state index is 0.0255. The van der Waals surface area contributed by atoms with Crippen molar-refractivity contribution in [2.45, 2.75) is 53.2 Å². The fraction of sp³-hybridized carbons (Fsp3) is 0.353. The average Bonchev–Trinajstić information content (AvgIpc) is 3.36. The first-order valence-electron chi connectivity index (χ1n) is 13.9. The molecule has 0 saturated carbocycles. The van der Waals surface area contributed by atoms with E-state index >= 15 is 0 Å². The molecule has 6 heteroatoms. The zero-order valence-electron chi connectivity index (χ0n) is 24.6. The van der Waals surface area contributed by atoms with E-state index in [1.807, 2.05) is 98.6 Å². The Morgan fingerprint density at radius 1 is 0.900 bits per heavy atom. The molecule has 0 fully saturated rings. The van der Waals surface area contributed by atoms with Crippen molar-refractivity contribution in [1.82, 2.24) is 14.4 Å². The van der Waals surface area contributed by atoms with E-state index in [0.29, 0.717) is 25.2 Å². The number of carbonyl (C=O) groups is 2. The van der Waals surface area contributed by atoms with Gasteiger partial charge in [0.2, 0.25) is 5.91 Å². The highest BCUT2D eigenvalue weighted by molar-refractivity contribution is 6.00. The number of fused-ring (bicyclic) bond motifs is 1. The van der Waals surface area contributed by atoms with Gasteiger partial charge in [-0.05, 0) is 79.4 Å². The normalized spacial score (nSPS) is 11.6. The van der Waals surface area contributed by atoms with Crippen LogP contribution in [0.2, 0.25) is 0 Å². The van der Waals surface area contributed by atoms with Crippen molar-refractivity contribution < 1.29 is 14.3 Å². The van der Waals surface area contributed by atoms with Gasteiger partial charge >= 0.3 is 0 Å². The molecule has 0 bridgehead atoms. The van der Waals surface area contributed by atoms with Crippen molar-refractivity contribution >= 4 is 22.6 Å². The van der Waals surface area contributed by atoms with Crippen molar-refractivity contribution in [1.29, 1.82) is 0 Å². The summed E-state index contributed by atoms with van der Waals surface area (Å²) in [7, 11) is 1.67. The van der Waals surface area contributed by atoms with Gasteiger partial charge in [0.25, 0.3) is 5.91 Å². The zero-order chi connectivity index (χ0) is 28.9. The van der Waals surface area contributed by atoms with E-state index in [9.17, 15) is 9.59 Å². The predicted octanol–water partition coefficient (Wildman–Crippen LogP) is 6.62. The van der Waals surface area contributed by atoms with Gasteiger partial charge in [-0.15, -0.1) is 0 Å². The van der Waals surface area contributed by atoms with Crippen LogP contribution in [0, 0.1) is 5.92 Å². The second-order valence-corrected chi connectivity index (χ2v) is 11.8. The topological polar surface area (TPSA) is 54.8 Å². The van der Waals surface area contributed by atoms with Crippen LogP contribution in [0.4, 0.5) is 0 Å². The summed E-state index contributed by atoms with van der Waals surface area (Å²) in [4.78, 5) is 31.2. The number of methoxy groups -OCH3 is 1. The van der Waals surface area contributed by atoms with Gasteiger partial charge in [-0.3, -0.25) is 9.59 Å². The zero-order valence-corrected chi connectivity index (χ0v) is 24.6. The molecule has 0 aliphatic rings. The molecule has 0 spiro atoms. The molecule has 40 heavy (non-hydrogen) atoms. The first-order chi connectivity index (χ1) is 19.0. The van der Waals surface area contributed by atoms with Crippen LogP contribution in [-0.4, -0.2) is 51.9 Å². The van der Waals surface area contributed by atoms with Gasteiger partial charge < -0.3 is 19.1 Å². The number of hydrogen-bond donors (Lipinski definition) is 0. The van der Waals surface area contributed by atoms with E-state index in [1.165, 1.54) is 0 Å². The van der Waals surface area contributed by atoms with Gasteiger partial charge in [0.15, 0.2) is 0 Å². The van der Waals surface area contributed by atoms with Crippen molar-refractivity contribution in [3.8, 4) is 5.75 Å². The SMILES string of the molecule is COc1cccc(Cn2cccc2CN(C(=O)CN(CC(C)C)C(=O)c2ccc3ccccc3c2)C(C)(C)C)c1. The lowest BCUT2D eigenvalue weighted by Crippen LogP contribution is -2.50. The lowest BCUT2D eigenvalue weighted by Gasteiger charge is -2.38. The van der Waals surface area contributed by atoms with Gasteiger partial charge in [-0.1, -0.05) is 56.3 Å². The van der Waals surface area contributed by atoms with Crippen LogP contribution in [0.15, 0.2) is 85.1 Å². The van der Waals surface area contributed by atoms with Gasteiger partial charge in [0.05, 0.1) is 13.7 Å². The molecule has 4 aromatic rings. The molecule has 3 aromatic carbocycles. The smallest absolute Gasteiger partial charge is 0.254 e. The average molecular weight is 540 g/mol. The third-order valence-corrected chi connectivity index (χ3v) is 7.04. The third kappa shape index (κ3) is 7.12. The summed E-state index contributed by atoms with van der Waals surface area (Å²) in [5, 5.41) is 2.10. The number of amides is 2. The molecular weight excluding hydrogens is 498 g/mol. The molecule has 0 unspecified atom stereocenters. The molecular formula is C34H41N3O3. The summed E-state index contributed by atoms with van der Waals surface area (Å²) in [6.45, 7) is 11.9. The number of nitrogens with zero attached hydrogens (tertiary/aromatic N) is 3. The van der Waals surface area contributed by atoms with Crippen LogP contribution in [0.1, 0.15) is 56.2 Å². The molecule has 0 radical (unpaired) electrons. The molecule has 0 saturated heterocycles. The molecule has 2 amide bonds. The largest absolute Gasteiger partial charge is 0.497 e. The summed E-state index contributed by atoms with van der Waals surface area (Å²) in [6, 6.07) is 25.8. The molecule has 4 rings (SSSR count). The minimum atomic E-state index is -0.433. The highest BCUT2D eigenvalue weighted by atomic mass is 16.5. The summed E-state index contributed by atoms with van der Waals surface area (Å²) in [5.41, 5.74) is 2.32. The number of benzene rings is 3. The second kappa shape index (κ2) is 12.4. The first kappa shape index (κ1) is 28.9. The highest BCUT2D eigenvalue weighted by Crippen LogP contribution is 2.22. The van der Waals surface area contributed by atoms with E-state index in [-0.39, 0.29) is 24.3 Å². The van der Waals surface area contributed by atoms with Crippen LogP contribution in [0.5, 0.6) is 5.75 Å². The second-order valence-electron chi connectivity index (χ2n) is 11.8. The Morgan fingerprint density at radius 3 is 2.35 bits per heavy atom. The number of ether oxygens (including phenoxy) is 1. The Bertz CT molecular complexity index is 1460. The predicted molar refractivity (Wildman–Crippen MR) is 162 cm³/mol. The maximum atomic E-state index is 13.9. The quantitative estimate of drug-likeness (QED) is 0.227. The van der Waals surface area contributed by atoms with E-state index in [0.717, 1.165) is 27.8 Å². The summed E-state index contributed by atoms with van der Waals surface area (Å²) < 4.78 is 7.55. The van der Waals surface area contributed by atoms with Crippen molar-refractivity contribution in [2.24, 2.45) is 5.92 Å². The van der Waals surface area contributed by atoms with Gasteiger partial charge in [-0.25, -0.2) is 0 Å². The van der Waals surface area contributed by atoms with E-state index in [4.69, 9.17) is 4.74 Å². The lowest BCUT2D eigenvalue weighted by molar-refractivity contribution is -0.137. The Morgan fingerprint density at radius 2 is 1.65 bits per heavy atom. The molecule has 0 atom stereocenters. The summed E-state index contributed by atoms with van der Waals surface area (Å²) in [6.07, 6.45) is 2.04. The summed E-state index contributed by atoms with van der Waals surface area (Å²) in [5.74, 6) is 0.846. The maximum absolute atomic E-state index is 13.9. The first-order valence-corrected chi connectivity index (χ1v) is 13.9. The van der Waals surface area contributed by atoms with Crippen LogP contribution in [-0.2, 0) is 17.9 Å². The van der Waals surface area contributed by atoms with Gasteiger partial charge in [-0.2, -0.15) is 0 Å². The van der Waals surface area contributed by atoms with Crippen molar-refractivity contribution in [2.75, 3.05) is 20.2 Å². The molecule has 1 heterocycles.